The molecule has 2 N–H and O–H groups in total. The monoisotopic (exact) mass is 231 g/mol. The number of carbonyl (C=O) groups is 1. The van der Waals surface area contributed by atoms with Gasteiger partial charge in [0.2, 0.25) is 0 Å². The van der Waals surface area contributed by atoms with Crippen LogP contribution in [0.15, 0.2) is 42.5 Å². The summed E-state index contributed by atoms with van der Waals surface area (Å²) < 4.78 is 0. The van der Waals surface area contributed by atoms with Gasteiger partial charge in [-0.25, -0.2) is 0 Å². The Labute approximate surface area is 101 Å². The lowest BCUT2D eigenvalue weighted by Crippen LogP contribution is -2.36. The van der Waals surface area contributed by atoms with E-state index in [2.05, 4.69) is 17.5 Å². The Morgan fingerprint density at radius 1 is 1.35 bits per heavy atom. The number of aliphatic carboxylic acids is 1. The van der Waals surface area contributed by atoms with E-state index in [9.17, 15) is 9.90 Å². The van der Waals surface area contributed by atoms with E-state index in [4.69, 9.17) is 0 Å². The van der Waals surface area contributed by atoms with Gasteiger partial charge in [-0.15, -0.1) is 0 Å². The van der Waals surface area contributed by atoms with Crippen molar-refractivity contribution in [3.8, 4) is 0 Å². The summed E-state index contributed by atoms with van der Waals surface area (Å²) in [6.07, 6.45) is 7.41. The first-order valence-electron chi connectivity index (χ1n) is 5.98. The highest BCUT2D eigenvalue weighted by Gasteiger charge is 2.22. The van der Waals surface area contributed by atoms with Crippen LogP contribution in [0.3, 0.4) is 0 Å². The van der Waals surface area contributed by atoms with Crippen LogP contribution in [-0.4, -0.2) is 17.1 Å². The van der Waals surface area contributed by atoms with Gasteiger partial charge in [-0.2, -0.15) is 0 Å². The van der Waals surface area contributed by atoms with Crippen LogP contribution in [0.5, 0.6) is 0 Å². The highest BCUT2D eigenvalue weighted by Crippen LogP contribution is 2.17. The molecule has 0 radical (unpaired) electrons. The zero-order chi connectivity index (χ0) is 12.1. The van der Waals surface area contributed by atoms with E-state index in [-0.39, 0.29) is 6.04 Å². The highest BCUT2D eigenvalue weighted by molar-refractivity contribution is 5.75. The summed E-state index contributed by atoms with van der Waals surface area (Å²) in [4.78, 5) is 11.3. The van der Waals surface area contributed by atoms with Crippen molar-refractivity contribution in [1.82, 2.24) is 5.32 Å². The molecular formula is C14H17NO2. The molecule has 0 saturated carbocycles. The first kappa shape index (κ1) is 11.9. The van der Waals surface area contributed by atoms with Crippen LogP contribution < -0.4 is 5.32 Å². The molecule has 0 saturated heterocycles. The van der Waals surface area contributed by atoms with Gasteiger partial charge in [-0.3, -0.25) is 10.1 Å². The topological polar surface area (TPSA) is 49.3 Å². The van der Waals surface area contributed by atoms with E-state index < -0.39 is 12.0 Å². The summed E-state index contributed by atoms with van der Waals surface area (Å²) >= 11 is 0. The number of benzene rings is 1. The fourth-order valence-electron chi connectivity index (χ4n) is 2.12. The molecule has 1 aliphatic rings. The van der Waals surface area contributed by atoms with Gasteiger partial charge in [-0.1, -0.05) is 42.5 Å². The van der Waals surface area contributed by atoms with Gasteiger partial charge in [-0.05, 0) is 24.8 Å². The Bertz CT molecular complexity index is 400. The Hall–Kier alpha value is -1.61. The number of nitrogens with one attached hydrogen (secondary N) is 1. The van der Waals surface area contributed by atoms with Gasteiger partial charge in [0.15, 0.2) is 0 Å². The zero-order valence-corrected chi connectivity index (χ0v) is 9.67. The largest absolute Gasteiger partial charge is 0.480 e. The first-order valence-corrected chi connectivity index (χ1v) is 5.98. The number of hydrogen-bond donors (Lipinski definition) is 2. The molecular weight excluding hydrogens is 214 g/mol. The molecule has 2 rings (SSSR count). The Morgan fingerprint density at radius 3 is 2.71 bits per heavy atom. The normalized spacial score (nSPS) is 21.1. The molecule has 1 aliphatic carbocycles. The Kier molecular flexibility index (Phi) is 3.94. The lowest BCUT2D eigenvalue weighted by molar-refractivity contribution is -0.139. The highest BCUT2D eigenvalue weighted by atomic mass is 16.4. The molecule has 17 heavy (non-hydrogen) atoms. The molecule has 0 amide bonds. The van der Waals surface area contributed by atoms with E-state index in [1.807, 2.05) is 30.3 Å². The zero-order valence-electron chi connectivity index (χ0n) is 9.67. The third-order valence-corrected chi connectivity index (χ3v) is 3.01. The van der Waals surface area contributed by atoms with Crippen LogP contribution in [0.1, 0.15) is 30.9 Å². The summed E-state index contributed by atoms with van der Waals surface area (Å²) in [7, 11) is 0. The number of rotatable bonds is 4. The van der Waals surface area contributed by atoms with Crippen LogP contribution in [0.4, 0.5) is 0 Å². The van der Waals surface area contributed by atoms with Crippen molar-refractivity contribution in [2.75, 3.05) is 0 Å². The van der Waals surface area contributed by atoms with Gasteiger partial charge in [0, 0.05) is 6.04 Å². The first-order chi connectivity index (χ1) is 8.27. The molecule has 1 aromatic carbocycles. The fourth-order valence-corrected chi connectivity index (χ4v) is 2.12. The Balaban J connectivity index is 2.10. The Morgan fingerprint density at radius 2 is 2.12 bits per heavy atom. The average Bonchev–Trinajstić information content (AvgIpc) is 2.38. The number of carboxylic acids is 1. The summed E-state index contributed by atoms with van der Waals surface area (Å²) in [5.41, 5.74) is 0.805. The molecule has 0 fully saturated rings. The van der Waals surface area contributed by atoms with E-state index in [0.29, 0.717) is 0 Å². The minimum Gasteiger partial charge on any atom is -0.480 e. The lowest BCUT2D eigenvalue weighted by atomic mass is 10.00. The van der Waals surface area contributed by atoms with Gasteiger partial charge in [0.05, 0.1) is 0 Å². The molecule has 2 unspecified atom stereocenters. The van der Waals surface area contributed by atoms with Gasteiger partial charge < -0.3 is 5.11 Å². The quantitative estimate of drug-likeness (QED) is 0.783. The van der Waals surface area contributed by atoms with Gasteiger partial charge in [0.25, 0.3) is 0 Å². The number of carboxylic acid groups (broad SMARTS) is 1. The van der Waals surface area contributed by atoms with Crippen molar-refractivity contribution >= 4 is 5.97 Å². The van der Waals surface area contributed by atoms with Gasteiger partial charge in [0.1, 0.15) is 6.04 Å². The molecule has 0 aliphatic heterocycles. The minimum atomic E-state index is -0.824. The van der Waals surface area contributed by atoms with Crippen molar-refractivity contribution in [3.63, 3.8) is 0 Å². The molecule has 0 aromatic heterocycles. The second-order valence-electron chi connectivity index (χ2n) is 4.31. The van der Waals surface area contributed by atoms with Crippen molar-refractivity contribution in [2.45, 2.75) is 31.3 Å². The van der Waals surface area contributed by atoms with Crippen LogP contribution >= 0.6 is 0 Å². The van der Waals surface area contributed by atoms with E-state index >= 15 is 0 Å². The van der Waals surface area contributed by atoms with E-state index in [1.54, 1.807) is 0 Å². The molecule has 90 valence electrons. The fraction of sp³-hybridized carbons (Fsp3) is 0.357. The maximum absolute atomic E-state index is 11.3. The van der Waals surface area contributed by atoms with Crippen molar-refractivity contribution in [2.24, 2.45) is 0 Å². The predicted octanol–water partition coefficient (Wildman–Crippen LogP) is 2.51. The standard InChI is InChI=1S/C14H17NO2/c16-14(17)13(11-7-3-1-4-8-11)15-12-9-5-2-6-10-12/h1,3-5,7-9,12-13,15H,2,6,10H2,(H,16,17). The maximum atomic E-state index is 11.3. The second kappa shape index (κ2) is 5.64. The minimum absolute atomic E-state index is 0.171. The van der Waals surface area contributed by atoms with Crippen molar-refractivity contribution in [3.05, 3.63) is 48.0 Å². The summed E-state index contributed by atoms with van der Waals surface area (Å²) in [6, 6.07) is 8.86. The molecule has 0 spiro atoms. The molecule has 0 heterocycles. The smallest absolute Gasteiger partial charge is 0.325 e. The molecule has 3 nitrogen and oxygen atoms in total. The van der Waals surface area contributed by atoms with E-state index in [0.717, 1.165) is 24.8 Å². The summed E-state index contributed by atoms with van der Waals surface area (Å²) in [5, 5.41) is 12.5. The predicted molar refractivity (Wildman–Crippen MR) is 66.7 cm³/mol. The average molecular weight is 231 g/mol. The number of allylic oxidation sites excluding steroid dienone is 1. The second-order valence-corrected chi connectivity index (χ2v) is 4.31. The number of hydrogen-bond acceptors (Lipinski definition) is 2. The SMILES string of the molecule is O=C(O)C(NC1C=CCCC1)c1ccccc1. The van der Waals surface area contributed by atoms with E-state index in [1.165, 1.54) is 0 Å². The summed E-state index contributed by atoms with van der Waals surface area (Å²) in [6.45, 7) is 0. The van der Waals surface area contributed by atoms with Crippen LogP contribution in [-0.2, 0) is 4.79 Å². The molecule has 1 aromatic rings. The third kappa shape index (κ3) is 3.17. The molecule has 0 bridgehead atoms. The maximum Gasteiger partial charge on any atom is 0.325 e. The van der Waals surface area contributed by atoms with Crippen molar-refractivity contribution in [1.29, 1.82) is 0 Å². The van der Waals surface area contributed by atoms with Crippen LogP contribution in [0.25, 0.3) is 0 Å². The van der Waals surface area contributed by atoms with Crippen LogP contribution in [0.2, 0.25) is 0 Å². The lowest BCUT2D eigenvalue weighted by Gasteiger charge is -2.23. The summed E-state index contributed by atoms with van der Waals surface area (Å²) in [5.74, 6) is -0.824. The third-order valence-electron chi connectivity index (χ3n) is 3.01. The van der Waals surface area contributed by atoms with Crippen LogP contribution in [0, 0.1) is 0 Å². The molecule has 2 atom stereocenters. The van der Waals surface area contributed by atoms with Crippen molar-refractivity contribution < 1.29 is 9.90 Å². The molecule has 3 heteroatoms. The van der Waals surface area contributed by atoms with Gasteiger partial charge >= 0.3 is 5.97 Å².